The van der Waals surface area contributed by atoms with Crippen molar-refractivity contribution in [1.29, 1.82) is 0 Å². The van der Waals surface area contributed by atoms with Crippen molar-refractivity contribution in [1.82, 2.24) is 4.90 Å². The number of carboxylic acid groups (broad SMARTS) is 1. The molecule has 2 atom stereocenters. The van der Waals surface area contributed by atoms with E-state index in [1.807, 2.05) is 0 Å². The number of rotatable bonds is 9. The van der Waals surface area contributed by atoms with Crippen LogP contribution in [-0.4, -0.2) is 45.3 Å². The topological polar surface area (TPSA) is 74.7 Å². The molecule has 0 aromatic rings. The van der Waals surface area contributed by atoms with Crippen LogP contribution in [0.5, 0.6) is 0 Å². The molecule has 1 fully saturated rings. The predicted octanol–water partition coefficient (Wildman–Crippen LogP) is 2.54. The molecule has 21 heavy (non-hydrogen) atoms. The molecule has 0 bridgehead atoms. The van der Waals surface area contributed by atoms with Gasteiger partial charge >= 0.3 is 5.97 Å². The third kappa shape index (κ3) is 6.08. The van der Waals surface area contributed by atoms with Gasteiger partial charge in [-0.2, -0.15) is 0 Å². The minimum absolute atomic E-state index is 0.0373. The van der Waals surface area contributed by atoms with Gasteiger partial charge < -0.3 is 10.0 Å². The van der Waals surface area contributed by atoms with E-state index < -0.39 is 12.0 Å². The van der Waals surface area contributed by atoms with Crippen molar-refractivity contribution in [3.63, 3.8) is 0 Å². The van der Waals surface area contributed by atoms with Crippen molar-refractivity contribution < 1.29 is 19.5 Å². The van der Waals surface area contributed by atoms with Gasteiger partial charge in [0.2, 0.25) is 5.91 Å². The van der Waals surface area contributed by atoms with Gasteiger partial charge in [0.05, 0.1) is 0 Å². The smallest absolute Gasteiger partial charge is 0.326 e. The van der Waals surface area contributed by atoms with Gasteiger partial charge in [-0.05, 0) is 12.3 Å². The second-order valence-corrected chi connectivity index (χ2v) is 6.82. The summed E-state index contributed by atoms with van der Waals surface area (Å²) >= 11 is 1.21. The van der Waals surface area contributed by atoms with Gasteiger partial charge in [-0.1, -0.05) is 44.4 Å². The summed E-state index contributed by atoms with van der Waals surface area (Å²) < 4.78 is 0. The monoisotopic (exact) mass is 315 g/mol. The third-order valence-corrected chi connectivity index (χ3v) is 4.80. The standard InChI is InChI=1S/C15H25NO4S/c1-3-4-5-6-7-13(15(19)20)16-9-12(8-14(16)18)10-21-11(2)17/h12-13H,3-10H2,1-2H3,(H,19,20). The Balaban J connectivity index is 2.52. The molecule has 1 rings (SSSR count). The molecule has 6 heteroatoms. The van der Waals surface area contributed by atoms with Gasteiger partial charge in [0.15, 0.2) is 5.12 Å². The molecule has 0 aromatic heterocycles. The first-order chi connectivity index (χ1) is 9.95. The quantitative estimate of drug-likeness (QED) is 0.662. The van der Waals surface area contributed by atoms with Gasteiger partial charge in [-0.15, -0.1) is 0 Å². The van der Waals surface area contributed by atoms with Gasteiger partial charge in [0.1, 0.15) is 6.04 Å². The van der Waals surface area contributed by atoms with Gasteiger partial charge in [0, 0.05) is 25.6 Å². The number of carbonyl (C=O) groups is 3. The van der Waals surface area contributed by atoms with Crippen molar-refractivity contribution in [2.75, 3.05) is 12.3 Å². The highest BCUT2D eigenvalue weighted by Crippen LogP contribution is 2.26. The molecule has 1 saturated heterocycles. The molecule has 0 spiro atoms. The van der Waals surface area contributed by atoms with E-state index in [1.54, 1.807) is 0 Å². The first-order valence-corrected chi connectivity index (χ1v) is 8.59. The number of hydrogen-bond donors (Lipinski definition) is 1. The molecule has 0 aromatic carbocycles. The summed E-state index contributed by atoms with van der Waals surface area (Å²) in [5.41, 5.74) is 0. The van der Waals surface area contributed by atoms with Crippen LogP contribution >= 0.6 is 11.8 Å². The molecule has 0 saturated carbocycles. The number of aliphatic carboxylic acids is 1. The Morgan fingerprint density at radius 1 is 1.38 bits per heavy atom. The van der Waals surface area contributed by atoms with E-state index in [-0.39, 0.29) is 16.9 Å². The third-order valence-electron chi connectivity index (χ3n) is 3.75. The van der Waals surface area contributed by atoms with Crippen molar-refractivity contribution in [2.45, 2.75) is 58.4 Å². The molecule has 1 heterocycles. The van der Waals surface area contributed by atoms with Crippen molar-refractivity contribution >= 4 is 28.8 Å². The number of carbonyl (C=O) groups excluding carboxylic acids is 2. The lowest BCUT2D eigenvalue weighted by molar-refractivity contribution is -0.148. The molecule has 1 aliphatic heterocycles. The fourth-order valence-electron chi connectivity index (χ4n) is 2.63. The van der Waals surface area contributed by atoms with Crippen LogP contribution in [0.2, 0.25) is 0 Å². The van der Waals surface area contributed by atoms with Crippen LogP contribution in [-0.2, 0) is 14.4 Å². The first kappa shape index (κ1) is 18.0. The zero-order valence-electron chi connectivity index (χ0n) is 12.8. The van der Waals surface area contributed by atoms with Crippen molar-refractivity contribution in [3.05, 3.63) is 0 Å². The summed E-state index contributed by atoms with van der Waals surface area (Å²) in [6.45, 7) is 4.08. The molecule has 0 radical (unpaired) electrons. The summed E-state index contributed by atoms with van der Waals surface area (Å²) in [5, 5.41) is 9.40. The minimum atomic E-state index is -0.917. The average molecular weight is 315 g/mol. The number of amides is 1. The Bertz CT molecular complexity index is 386. The van der Waals surface area contributed by atoms with Gasteiger partial charge in [0.25, 0.3) is 0 Å². The summed E-state index contributed by atoms with van der Waals surface area (Å²) in [7, 11) is 0. The first-order valence-electron chi connectivity index (χ1n) is 7.61. The van der Waals surface area contributed by atoms with Gasteiger partial charge in [-0.25, -0.2) is 4.79 Å². The highest BCUT2D eigenvalue weighted by atomic mass is 32.2. The zero-order valence-corrected chi connectivity index (χ0v) is 13.7. The molecular weight excluding hydrogens is 290 g/mol. The molecule has 1 aliphatic rings. The largest absolute Gasteiger partial charge is 0.480 e. The Hall–Kier alpha value is -1.04. The van der Waals surface area contributed by atoms with Crippen molar-refractivity contribution in [3.8, 4) is 0 Å². The van der Waals surface area contributed by atoms with Crippen LogP contribution in [0.15, 0.2) is 0 Å². The summed E-state index contributed by atoms with van der Waals surface area (Å²) in [4.78, 5) is 35.9. The fraction of sp³-hybridized carbons (Fsp3) is 0.800. The zero-order chi connectivity index (χ0) is 15.8. The second-order valence-electron chi connectivity index (χ2n) is 5.62. The summed E-state index contributed by atoms with van der Waals surface area (Å²) in [5.74, 6) is -0.324. The normalized spacial score (nSPS) is 19.8. The fourth-order valence-corrected chi connectivity index (χ4v) is 3.33. The molecule has 120 valence electrons. The van der Waals surface area contributed by atoms with Crippen LogP contribution in [0.4, 0.5) is 0 Å². The average Bonchev–Trinajstić information content (AvgIpc) is 2.77. The highest BCUT2D eigenvalue weighted by molar-refractivity contribution is 8.13. The van der Waals surface area contributed by atoms with Gasteiger partial charge in [-0.3, -0.25) is 9.59 Å². The van der Waals surface area contributed by atoms with E-state index in [0.717, 1.165) is 25.7 Å². The minimum Gasteiger partial charge on any atom is -0.480 e. The number of hydrogen-bond acceptors (Lipinski definition) is 4. The number of likely N-dealkylation sites (tertiary alicyclic amines) is 1. The molecule has 0 aliphatic carbocycles. The lowest BCUT2D eigenvalue weighted by atomic mass is 10.1. The molecule has 2 unspecified atom stereocenters. The number of carboxylic acids is 1. The van der Waals surface area contributed by atoms with E-state index in [4.69, 9.17) is 0 Å². The van der Waals surface area contributed by atoms with E-state index >= 15 is 0 Å². The Morgan fingerprint density at radius 3 is 2.67 bits per heavy atom. The number of thioether (sulfide) groups is 1. The van der Waals surface area contributed by atoms with Crippen LogP contribution in [0.3, 0.4) is 0 Å². The van der Waals surface area contributed by atoms with E-state index in [9.17, 15) is 19.5 Å². The number of unbranched alkanes of at least 4 members (excludes halogenated alkanes) is 3. The lowest BCUT2D eigenvalue weighted by Crippen LogP contribution is -2.42. The van der Waals surface area contributed by atoms with Crippen molar-refractivity contribution in [2.24, 2.45) is 5.92 Å². The SMILES string of the molecule is CCCCCCC(C(=O)O)N1CC(CSC(C)=O)CC1=O. The Labute approximate surface area is 130 Å². The summed E-state index contributed by atoms with van der Waals surface area (Å²) in [6, 6.07) is -0.707. The van der Waals surface area contributed by atoms with E-state index in [0.29, 0.717) is 25.1 Å². The maximum Gasteiger partial charge on any atom is 0.326 e. The predicted molar refractivity (Wildman–Crippen MR) is 83.1 cm³/mol. The lowest BCUT2D eigenvalue weighted by Gasteiger charge is -2.24. The Kier molecular flexibility index (Phi) is 7.78. The number of nitrogens with zero attached hydrogens (tertiary/aromatic N) is 1. The van der Waals surface area contributed by atoms with Crippen LogP contribution in [0.25, 0.3) is 0 Å². The summed E-state index contributed by atoms with van der Waals surface area (Å²) in [6.07, 6.45) is 4.92. The molecule has 1 N–H and O–H groups in total. The molecular formula is C15H25NO4S. The van der Waals surface area contributed by atoms with E-state index in [1.165, 1.54) is 23.6 Å². The van der Waals surface area contributed by atoms with Crippen LogP contribution < -0.4 is 0 Å². The maximum absolute atomic E-state index is 12.0. The highest BCUT2D eigenvalue weighted by Gasteiger charge is 2.37. The Morgan fingerprint density at radius 2 is 2.10 bits per heavy atom. The van der Waals surface area contributed by atoms with Crippen LogP contribution in [0.1, 0.15) is 52.4 Å². The van der Waals surface area contributed by atoms with Crippen LogP contribution in [0, 0.1) is 5.92 Å². The van der Waals surface area contributed by atoms with E-state index in [2.05, 4.69) is 6.92 Å². The molecule has 1 amide bonds. The second kappa shape index (κ2) is 9.07. The molecule has 5 nitrogen and oxygen atoms in total. The maximum atomic E-state index is 12.0.